The van der Waals surface area contributed by atoms with Crippen molar-refractivity contribution in [2.24, 2.45) is 0 Å². The Bertz CT molecular complexity index is 237. The molecule has 0 radical (unpaired) electrons. The molecule has 4 heteroatoms. The van der Waals surface area contributed by atoms with E-state index < -0.39 is 6.10 Å². The zero-order chi connectivity index (χ0) is 8.97. The minimum absolute atomic E-state index is 0.138. The van der Waals surface area contributed by atoms with E-state index in [-0.39, 0.29) is 6.61 Å². The van der Waals surface area contributed by atoms with Crippen LogP contribution in [0.1, 0.15) is 24.5 Å². The maximum Gasteiger partial charge on any atom is 0.0809 e. The molecule has 0 saturated heterocycles. The Morgan fingerprint density at radius 2 is 2.25 bits per heavy atom. The monoisotopic (exact) mass is 250 g/mol. The highest BCUT2D eigenvalue weighted by atomic mass is 79.9. The Hall–Kier alpha value is 0.100. The number of hydrogen-bond donors (Lipinski definition) is 2. The number of halogens is 1. The molecule has 0 amide bonds. The van der Waals surface area contributed by atoms with Crippen LogP contribution in [0.4, 0.5) is 0 Å². The van der Waals surface area contributed by atoms with E-state index in [2.05, 4.69) is 15.9 Å². The van der Waals surface area contributed by atoms with Gasteiger partial charge in [-0.2, -0.15) is 11.3 Å². The normalized spacial score (nSPS) is 13.2. The van der Waals surface area contributed by atoms with Gasteiger partial charge in [0, 0.05) is 22.0 Å². The zero-order valence-corrected chi connectivity index (χ0v) is 8.94. The van der Waals surface area contributed by atoms with Crippen LogP contribution >= 0.6 is 27.3 Å². The van der Waals surface area contributed by atoms with E-state index in [1.54, 1.807) is 11.3 Å². The maximum atomic E-state index is 9.59. The van der Waals surface area contributed by atoms with Crippen LogP contribution in [0.3, 0.4) is 0 Å². The number of aliphatic hydroxyl groups is 2. The first kappa shape index (κ1) is 10.2. The minimum Gasteiger partial charge on any atom is -0.396 e. The molecular formula is C8H11BrO2S. The van der Waals surface area contributed by atoms with Gasteiger partial charge in [0.05, 0.1) is 6.10 Å². The van der Waals surface area contributed by atoms with E-state index in [0.717, 1.165) is 10.0 Å². The van der Waals surface area contributed by atoms with Gasteiger partial charge in [0.15, 0.2) is 0 Å². The van der Waals surface area contributed by atoms with E-state index >= 15 is 0 Å². The number of hydrogen-bond acceptors (Lipinski definition) is 3. The topological polar surface area (TPSA) is 40.5 Å². The van der Waals surface area contributed by atoms with Gasteiger partial charge in [0.1, 0.15) is 0 Å². The van der Waals surface area contributed by atoms with E-state index in [4.69, 9.17) is 5.11 Å². The molecular weight excluding hydrogens is 240 g/mol. The fraction of sp³-hybridized carbons (Fsp3) is 0.500. The summed E-state index contributed by atoms with van der Waals surface area (Å²) in [5.74, 6) is 0. The van der Waals surface area contributed by atoms with Gasteiger partial charge in [-0.15, -0.1) is 0 Å². The van der Waals surface area contributed by atoms with Gasteiger partial charge < -0.3 is 10.2 Å². The third-order valence-corrected chi connectivity index (χ3v) is 3.39. The van der Waals surface area contributed by atoms with Gasteiger partial charge >= 0.3 is 0 Å². The lowest BCUT2D eigenvalue weighted by atomic mass is 10.1. The van der Waals surface area contributed by atoms with Crippen LogP contribution in [0.2, 0.25) is 0 Å². The summed E-state index contributed by atoms with van der Waals surface area (Å²) in [4.78, 5) is 0. The highest BCUT2D eigenvalue weighted by molar-refractivity contribution is 9.10. The minimum atomic E-state index is -0.447. The van der Waals surface area contributed by atoms with Crippen LogP contribution in [0.5, 0.6) is 0 Å². The van der Waals surface area contributed by atoms with Crippen molar-refractivity contribution >= 4 is 27.3 Å². The molecule has 0 spiro atoms. The molecule has 1 heterocycles. The Kier molecular flexibility index (Phi) is 4.21. The molecule has 2 nitrogen and oxygen atoms in total. The highest BCUT2D eigenvalue weighted by Gasteiger charge is 2.10. The van der Waals surface area contributed by atoms with Crippen molar-refractivity contribution in [2.45, 2.75) is 18.9 Å². The summed E-state index contributed by atoms with van der Waals surface area (Å²) in [7, 11) is 0. The summed E-state index contributed by atoms with van der Waals surface area (Å²) in [6.07, 6.45) is 0.813. The van der Waals surface area contributed by atoms with Crippen molar-refractivity contribution in [3.63, 3.8) is 0 Å². The lowest BCUT2D eigenvalue weighted by Crippen LogP contribution is -1.97. The summed E-state index contributed by atoms with van der Waals surface area (Å²) in [5.41, 5.74) is 0.924. The standard InChI is InChI=1S/C8H11BrO2S/c9-7-5-12-4-6(7)8(11)2-1-3-10/h4-5,8,10-11H,1-3H2. The molecule has 68 valence electrons. The van der Waals surface area contributed by atoms with Gasteiger partial charge in [-0.3, -0.25) is 0 Å². The Balaban J connectivity index is 2.52. The summed E-state index contributed by atoms with van der Waals surface area (Å²) < 4.78 is 0.956. The molecule has 0 fully saturated rings. The van der Waals surface area contributed by atoms with Crippen LogP contribution < -0.4 is 0 Å². The molecule has 0 aliphatic heterocycles. The molecule has 0 saturated carbocycles. The number of thiophene rings is 1. The predicted molar refractivity (Wildman–Crippen MR) is 53.3 cm³/mol. The molecule has 1 atom stereocenters. The molecule has 2 N–H and O–H groups in total. The summed E-state index contributed by atoms with van der Waals surface area (Å²) >= 11 is 4.91. The first-order valence-electron chi connectivity index (χ1n) is 3.76. The molecule has 0 bridgehead atoms. The second kappa shape index (κ2) is 4.97. The molecule has 1 aromatic heterocycles. The number of rotatable bonds is 4. The molecule has 1 aromatic rings. The quantitative estimate of drug-likeness (QED) is 0.862. The largest absolute Gasteiger partial charge is 0.396 e. The first-order valence-corrected chi connectivity index (χ1v) is 5.49. The number of aliphatic hydroxyl groups excluding tert-OH is 2. The molecule has 1 unspecified atom stereocenters. The van der Waals surface area contributed by atoms with Gasteiger partial charge in [-0.25, -0.2) is 0 Å². The molecule has 12 heavy (non-hydrogen) atoms. The van der Waals surface area contributed by atoms with Crippen molar-refractivity contribution in [1.29, 1.82) is 0 Å². The molecule has 1 rings (SSSR count). The van der Waals surface area contributed by atoms with Crippen molar-refractivity contribution in [3.8, 4) is 0 Å². The smallest absolute Gasteiger partial charge is 0.0809 e. The fourth-order valence-corrected chi connectivity index (χ4v) is 2.58. The summed E-state index contributed by atoms with van der Waals surface area (Å²) in [6, 6.07) is 0. The Morgan fingerprint density at radius 3 is 2.75 bits per heavy atom. The lowest BCUT2D eigenvalue weighted by molar-refractivity contribution is 0.151. The molecule has 0 aliphatic carbocycles. The van der Waals surface area contributed by atoms with Crippen molar-refractivity contribution in [3.05, 3.63) is 20.8 Å². The predicted octanol–water partition coefficient (Wildman–Crippen LogP) is 2.32. The third-order valence-electron chi connectivity index (χ3n) is 1.64. The van der Waals surface area contributed by atoms with Gasteiger partial charge in [0.2, 0.25) is 0 Å². The van der Waals surface area contributed by atoms with Crippen molar-refractivity contribution in [1.82, 2.24) is 0 Å². The van der Waals surface area contributed by atoms with Crippen LogP contribution in [0.15, 0.2) is 15.2 Å². The average molecular weight is 251 g/mol. The average Bonchev–Trinajstić information content (AvgIpc) is 2.47. The van der Waals surface area contributed by atoms with E-state index in [1.807, 2.05) is 10.8 Å². The summed E-state index contributed by atoms with van der Waals surface area (Å²) in [6.45, 7) is 0.138. The second-order valence-corrected chi connectivity index (χ2v) is 4.15. The Morgan fingerprint density at radius 1 is 1.50 bits per heavy atom. The van der Waals surface area contributed by atoms with Gasteiger partial charge in [0.25, 0.3) is 0 Å². The van der Waals surface area contributed by atoms with Crippen LogP contribution in [-0.4, -0.2) is 16.8 Å². The lowest BCUT2D eigenvalue weighted by Gasteiger charge is -2.07. The van der Waals surface area contributed by atoms with E-state index in [0.29, 0.717) is 12.8 Å². The zero-order valence-electron chi connectivity index (χ0n) is 6.53. The van der Waals surface area contributed by atoms with Crippen molar-refractivity contribution in [2.75, 3.05) is 6.61 Å². The van der Waals surface area contributed by atoms with Gasteiger partial charge in [-0.1, -0.05) is 0 Å². The molecule has 0 aliphatic rings. The highest BCUT2D eigenvalue weighted by Crippen LogP contribution is 2.29. The fourth-order valence-electron chi connectivity index (χ4n) is 0.969. The van der Waals surface area contributed by atoms with Crippen LogP contribution in [-0.2, 0) is 0 Å². The van der Waals surface area contributed by atoms with Gasteiger partial charge in [-0.05, 0) is 34.2 Å². The summed E-state index contributed by atoms with van der Waals surface area (Å²) in [5, 5.41) is 22.0. The SMILES string of the molecule is OCCCC(O)c1cscc1Br. The van der Waals surface area contributed by atoms with Crippen LogP contribution in [0, 0.1) is 0 Å². The van der Waals surface area contributed by atoms with E-state index in [1.165, 1.54) is 0 Å². The van der Waals surface area contributed by atoms with E-state index in [9.17, 15) is 5.11 Å². The third kappa shape index (κ3) is 2.55. The van der Waals surface area contributed by atoms with Crippen LogP contribution in [0.25, 0.3) is 0 Å². The maximum absolute atomic E-state index is 9.59. The molecule has 0 aromatic carbocycles. The van der Waals surface area contributed by atoms with Crippen molar-refractivity contribution < 1.29 is 10.2 Å². The second-order valence-electron chi connectivity index (χ2n) is 2.56. The first-order chi connectivity index (χ1) is 5.75. The Labute approximate surface area is 84.0 Å².